The second kappa shape index (κ2) is 6.94. The summed E-state index contributed by atoms with van der Waals surface area (Å²) in [6, 6.07) is 0. The van der Waals surface area contributed by atoms with Crippen molar-refractivity contribution in [2.45, 2.75) is 84.5 Å². The average Bonchev–Trinajstić information content (AvgIpc) is 2.57. The van der Waals surface area contributed by atoms with Crippen molar-refractivity contribution in [2.75, 3.05) is 6.61 Å². The molecule has 0 aromatic rings. The first-order valence-corrected chi connectivity index (χ1v) is 10.4. The predicted molar refractivity (Wildman–Crippen MR) is 98.6 cm³/mol. The molecular formula is C22H36F2O. The van der Waals surface area contributed by atoms with Crippen LogP contribution in [0.25, 0.3) is 0 Å². The van der Waals surface area contributed by atoms with Gasteiger partial charge in [0.1, 0.15) is 0 Å². The summed E-state index contributed by atoms with van der Waals surface area (Å²) >= 11 is 0. The number of rotatable bonds is 4. The lowest BCUT2D eigenvalue weighted by molar-refractivity contribution is -0.168. The summed E-state index contributed by atoms with van der Waals surface area (Å²) < 4.78 is 28.0. The molecule has 3 heteroatoms. The van der Waals surface area contributed by atoms with Crippen molar-refractivity contribution in [3.63, 3.8) is 0 Å². The topological polar surface area (TPSA) is 20.2 Å². The highest BCUT2D eigenvalue weighted by Crippen LogP contribution is 2.65. The first-order valence-electron chi connectivity index (χ1n) is 10.4. The molecule has 0 saturated heterocycles. The molecule has 0 amide bonds. The third kappa shape index (κ3) is 3.42. The maximum Gasteiger partial charge on any atom is 0.248 e. The van der Waals surface area contributed by atoms with Gasteiger partial charge in [-0.25, -0.2) is 8.78 Å². The minimum absolute atomic E-state index is 0.00451. The minimum Gasteiger partial charge on any atom is -0.396 e. The highest BCUT2D eigenvalue weighted by molar-refractivity contribution is 5.07. The summed E-state index contributed by atoms with van der Waals surface area (Å²) in [7, 11) is 0. The highest BCUT2D eigenvalue weighted by Gasteiger charge is 2.58. The van der Waals surface area contributed by atoms with Gasteiger partial charge in [0.25, 0.3) is 0 Å². The van der Waals surface area contributed by atoms with E-state index in [0.717, 1.165) is 38.5 Å². The van der Waals surface area contributed by atoms with E-state index in [1.807, 2.05) is 0 Å². The van der Waals surface area contributed by atoms with E-state index < -0.39 is 5.92 Å². The fourth-order valence-corrected chi connectivity index (χ4v) is 6.77. The summed E-state index contributed by atoms with van der Waals surface area (Å²) in [5.41, 5.74) is 0.0881. The number of halogens is 2. The van der Waals surface area contributed by atoms with E-state index >= 15 is 0 Å². The molecule has 0 spiro atoms. The van der Waals surface area contributed by atoms with Gasteiger partial charge in [-0.05, 0) is 86.4 Å². The number of allylic oxidation sites excluding steroid dienone is 2. The fraction of sp³-hybridized carbons (Fsp3) is 0.909. The van der Waals surface area contributed by atoms with Crippen molar-refractivity contribution in [3.8, 4) is 0 Å². The molecule has 3 saturated carbocycles. The number of hydrogen-bond donors (Lipinski definition) is 1. The van der Waals surface area contributed by atoms with Crippen LogP contribution in [0.1, 0.15) is 78.6 Å². The first kappa shape index (κ1) is 19.3. The van der Waals surface area contributed by atoms with Crippen LogP contribution in [0.15, 0.2) is 12.2 Å². The normalized spacial score (nSPS) is 46.6. The van der Waals surface area contributed by atoms with Crippen molar-refractivity contribution < 1.29 is 13.9 Å². The molecule has 25 heavy (non-hydrogen) atoms. The van der Waals surface area contributed by atoms with Crippen molar-refractivity contribution in [3.05, 3.63) is 12.2 Å². The molecule has 0 heterocycles. The predicted octanol–water partition coefficient (Wildman–Crippen LogP) is 6.22. The van der Waals surface area contributed by atoms with Crippen molar-refractivity contribution in [1.82, 2.24) is 0 Å². The van der Waals surface area contributed by atoms with E-state index in [1.165, 1.54) is 0 Å². The average molecular weight is 355 g/mol. The van der Waals surface area contributed by atoms with Gasteiger partial charge in [-0.2, -0.15) is 0 Å². The number of hydrogen-bond acceptors (Lipinski definition) is 1. The summed E-state index contributed by atoms with van der Waals surface area (Å²) in [6.45, 7) is 6.89. The standard InChI is InChI=1S/C22H36F2O/c1-4-5-6-7-18-17-9-8-16-14-22(23,24)13-12-21(16,3)19(17)10-11-20(18,2)15-25/h4-5,16-19,25H,6-15H2,1-3H3/b5-4+/t16-,17-,18-,19-,20+,21-/m0/s1. The second-order valence-electron chi connectivity index (χ2n) is 9.71. The Balaban J connectivity index is 1.84. The molecule has 144 valence electrons. The maximum atomic E-state index is 14.0. The Bertz CT molecular complexity index is 502. The van der Waals surface area contributed by atoms with Crippen molar-refractivity contribution >= 4 is 0 Å². The zero-order chi connectivity index (χ0) is 18.3. The number of fused-ring (bicyclic) bond motifs is 3. The Kier molecular flexibility index (Phi) is 5.37. The van der Waals surface area contributed by atoms with Crippen molar-refractivity contribution in [1.29, 1.82) is 0 Å². The van der Waals surface area contributed by atoms with E-state index in [9.17, 15) is 13.9 Å². The van der Waals surface area contributed by atoms with Gasteiger partial charge in [-0.15, -0.1) is 0 Å². The minimum atomic E-state index is -2.45. The van der Waals surface area contributed by atoms with E-state index in [0.29, 0.717) is 24.2 Å². The van der Waals surface area contributed by atoms with Crippen LogP contribution in [-0.2, 0) is 0 Å². The van der Waals surface area contributed by atoms with Gasteiger partial charge >= 0.3 is 0 Å². The Morgan fingerprint density at radius 2 is 1.84 bits per heavy atom. The Morgan fingerprint density at radius 1 is 1.08 bits per heavy atom. The monoisotopic (exact) mass is 354 g/mol. The molecule has 3 fully saturated rings. The second-order valence-corrected chi connectivity index (χ2v) is 9.71. The van der Waals surface area contributed by atoms with Crippen LogP contribution in [0.4, 0.5) is 8.78 Å². The summed E-state index contributed by atoms with van der Waals surface area (Å²) in [5, 5.41) is 10.1. The SMILES string of the molecule is C/C=C/CC[C@H]1[C@@H]2CC[C@H]3CC(F)(F)CC[C@]3(C)[C@H]2CC[C@]1(C)CO. The molecule has 6 atom stereocenters. The summed E-state index contributed by atoms with van der Waals surface area (Å²) in [4.78, 5) is 0. The lowest BCUT2D eigenvalue weighted by Gasteiger charge is -2.61. The van der Waals surface area contributed by atoms with Gasteiger partial charge in [0.15, 0.2) is 0 Å². The lowest BCUT2D eigenvalue weighted by atomic mass is 9.44. The number of aliphatic hydroxyl groups excluding tert-OH is 1. The molecule has 0 aromatic heterocycles. The van der Waals surface area contributed by atoms with Crippen LogP contribution in [0.2, 0.25) is 0 Å². The molecule has 0 aliphatic heterocycles. The van der Waals surface area contributed by atoms with E-state index in [2.05, 4.69) is 32.9 Å². The molecule has 3 aliphatic rings. The third-order valence-electron chi connectivity index (χ3n) is 8.40. The van der Waals surface area contributed by atoms with Gasteiger partial charge in [-0.3, -0.25) is 0 Å². The van der Waals surface area contributed by atoms with Gasteiger partial charge < -0.3 is 5.11 Å². The molecule has 0 aromatic carbocycles. The van der Waals surface area contributed by atoms with Gasteiger partial charge in [0, 0.05) is 19.4 Å². The zero-order valence-corrected chi connectivity index (χ0v) is 16.2. The van der Waals surface area contributed by atoms with Crippen molar-refractivity contribution in [2.24, 2.45) is 34.5 Å². The molecule has 0 radical (unpaired) electrons. The number of aliphatic hydroxyl groups is 1. The third-order valence-corrected chi connectivity index (χ3v) is 8.40. The Labute approximate surface area is 152 Å². The van der Waals surface area contributed by atoms with Crippen LogP contribution >= 0.6 is 0 Å². The van der Waals surface area contributed by atoms with Gasteiger partial charge in [0.05, 0.1) is 0 Å². The first-order chi connectivity index (χ1) is 11.8. The summed E-state index contributed by atoms with van der Waals surface area (Å²) in [6.07, 6.45) is 11.6. The van der Waals surface area contributed by atoms with E-state index in [-0.39, 0.29) is 36.2 Å². The fourth-order valence-electron chi connectivity index (χ4n) is 6.77. The van der Waals surface area contributed by atoms with Crippen LogP contribution in [-0.4, -0.2) is 17.6 Å². The largest absolute Gasteiger partial charge is 0.396 e. The molecule has 0 bridgehead atoms. The van der Waals surface area contributed by atoms with Crippen LogP contribution in [0.5, 0.6) is 0 Å². The lowest BCUT2D eigenvalue weighted by Crippen LogP contribution is -2.55. The molecule has 3 rings (SSSR count). The Hall–Kier alpha value is -0.440. The quantitative estimate of drug-likeness (QED) is 0.594. The molecule has 0 unspecified atom stereocenters. The number of alkyl halides is 2. The molecule has 1 nitrogen and oxygen atoms in total. The molecule has 3 aliphatic carbocycles. The van der Waals surface area contributed by atoms with Crippen LogP contribution in [0.3, 0.4) is 0 Å². The maximum absolute atomic E-state index is 14.0. The summed E-state index contributed by atoms with van der Waals surface area (Å²) in [5.74, 6) is -0.571. The van der Waals surface area contributed by atoms with E-state index in [1.54, 1.807) is 0 Å². The van der Waals surface area contributed by atoms with Crippen LogP contribution in [0, 0.1) is 34.5 Å². The molecular weight excluding hydrogens is 318 g/mol. The Morgan fingerprint density at radius 3 is 2.52 bits per heavy atom. The zero-order valence-electron chi connectivity index (χ0n) is 16.2. The van der Waals surface area contributed by atoms with Crippen LogP contribution < -0.4 is 0 Å². The van der Waals surface area contributed by atoms with E-state index in [4.69, 9.17) is 0 Å². The highest BCUT2D eigenvalue weighted by atomic mass is 19.3. The molecule has 1 N–H and O–H groups in total. The van der Waals surface area contributed by atoms with Gasteiger partial charge in [-0.1, -0.05) is 26.0 Å². The smallest absolute Gasteiger partial charge is 0.248 e. The van der Waals surface area contributed by atoms with Gasteiger partial charge in [0.2, 0.25) is 5.92 Å².